The predicted molar refractivity (Wildman–Crippen MR) is 162 cm³/mol. The number of carbonyl (C=O) groups excluding carboxylic acids is 1. The van der Waals surface area contributed by atoms with Gasteiger partial charge >= 0.3 is 12.1 Å². The highest BCUT2D eigenvalue weighted by Gasteiger charge is 2.31. The minimum atomic E-state index is -4.55. The van der Waals surface area contributed by atoms with Crippen LogP contribution in [0.5, 0.6) is 11.5 Å². The molecular weight excluding hydrogens is 665 g/mol. The summed E-state index contributed by atoms with van der Waals surface area (Å²) < 4.78 is 52.1. The molecule has 0 aliphatic rings. The van der Waals surface area contributed by atoms with Crippen LogP contribution in [-0.4, -0.2) is 48.1 Å². The van der Waals surface area contributed by atoms with E-state index < -0.39 is 35.7 Å². The minimum absolute atomic E-state index is 0.0150. The summed E-state index contributed by atoms with van der Waals surface area (Å²) in [5, 5.41) is 30.2. The number of alkyl halides is 3. The lowest BCUT2D eigenvalue weighted by Gasteiger charge is -2.21. The summed E-state index contributed by atoms with van der Waals surface area (Å²) in [4.78, 5) is 34.1. The van der Waals surface area contributed by atoms with Crippen molar-refractivity contribution in [1.82, 2.24) is 25.3 Å². The zero-order valence-electron chi connectivity index (χ0n) is 24.0. The van der Waals surface area contributed by atoms with Crippen LogP contribution in [-0.2, 0) is 44.5 Å². The average molecular weight is 691 g/mol. The molecule has 5 aromatic rings. The molecule has 5 rings (SSSR count). The van der Waals surface area contributed by atoms with Crippen molar-refractivity contribution in [2.24, 2.45) is 5.90 Å². The topological polar surface area (TPSA) is 184 Å². The normalized spacial score (nSPS) is 12.9. The quantitative estimate of drug-likeness (QED) is 0.0722. The van der Waals surface area contributed by atoms with Crippen LogP contribution >= 0.6 is 23.4 Å². The van der Waals surface area contributed by atoms with Gasteiger partial charge in [-0.05, 0) is 47.5 Å². The van der Waals surface area contributed by atoms with E-state index in [9.17, 15) is 33.0 Å². The number of hydrogen-bond acceptors (Lipinski definition) is 12. The van der Waals surface area contributed by atoms with Gasteiger partial charge in [0.25, 0.3) is 0 Å². The number of nitrogens with one attached hydrogen (secondary N) is 1. The number of carbonyl (C=O) groups is 2. The smallest absolute Gasteiger partial charge is 0.416 e. The number of rotatable bonds is 14. The summed E-state index contributed by atoms with van der Waals surface area (Å²) in [7, 11) is 0. The number of amides is 1. The number of thiazole rings is 1. The standard InChI is InChI=1S/C29H25F3N6O7S2/c30-29(31,32)18-5-1-16(2-6-18)11-23(27(41)42)34-26(40)24(12-17-3-7-20(39)8-4-17)38-14-19(36-37-38)15-43-21-9-10-25-22(13-21)35-28(46-25)47-45-44-33/h1-10,13-14,23-24,39H,11-12,15,33H2,(H,34,40)(H,41,42). The van der Waals surface area contributed by atoms with Crippen molar-refractivity contribution >= 4 is 45.5 Å². The molecule has 13 nitrogen and oxygen atoms in total. The highest BCUT2D eigenvalue weighted by Crippen LogP contribution is 2.32. The van der Waals surface area contributed by atoms with Crippen LogP contribution in [0.2, 0.25) is 0 Å². The lowest BCUT2D eigenvalue weighted by molar-refractivity contribution is -0.195. The highest BCUT2D eigenvalue weighted by molar-refractivity contribution is 7.96. The molecule has 3 aromatic carbocycles. The van der Waals surface area contributed by atoms with Crippen LogP contribution < -0.4 is 16.0 Å². The van der Waals surface area contributed by atoms with Crippen molar-refractivity contribution in [3.05, 3.63) is 95.3 Å². The molecular formula is C29H25F3N6O7S2. The van der Waals surface area contributed by atoms with Crippen molar-refractivity contribution < 1.29 is 47.0 Å². The first-order valence-electron chi connectivity index (χ1n) is 13.6. The monoisotopic (exact) mass is 690 g/mol. The molecule has 2 atom stereocenters. The Morgan fingerprint density at radius 2 is 1.74 bits per heavy atom. The lowest BCUT2D eigenvalue weighted by Crippen LogP contribution is -2.46. The first kappa shape index (κ1) is 33.6. The molecule has 2 unspecified atom stereocenters. The van der Waals surface area contributed by atoms with Gasteiger partial charge in [-0.2, -0.15) is 19.1 Å². The van der Waals surface area contributed by atoms with E-state index in [1.807, 2.05) is 6.07 Å². The summed E-state index contributed by atoms with van der Waals surface area (Å²) in [5.41, 5.74) is 1.04. The van der Waals surface area contributed by atoms with E-state index in [4.69, 9.17) is 10.6 Å². The fourth-order valence-electron chi connectivity index (χ4n) is 4.44. The van der Waals surface area contributed by atoms with Crippen molar-refractivity contribution in [2.45, 2.75) is 42.0 Å². The van der Waals surface area contributed by atoms with Gasteiger partial charge in [0, 0.05) is 18.9 Å². The second-order valence-electron chi connectivity index (χ2n) is 10.0. The molecule has 1 amide bonds. The number of halogens is 3. The number of carboxylic acids is 1. The predicted octanol–water partition coefficient (Wildman–Crippen LogP) is 4.62. The molecule has 5 N–H and O–H groups in total. The number of fused-ring (bicyclic) bond motifs is 1. The van der Waals surface area contributed by atoms with Crippen LogP contribution in [0.1, 0.15) is 28.4 Å². The third-order valence-electron chi connectivity index (χ3n) is 6.75. The first-order valence-corrected chi connectivity index (χ1v) is 15.2. The molecule has 0 spiro atoms. The maximum Gasteiger partial charge on any atom is 0.416 e. The van der Waals surface area contributed by atoms with Crippen molar-refractivity contribution in [3.8, 4) is 11.5 Å². The maximum absolute atomic E-state index is 13.6. The number of aromatic hydroxyl groups is 1. The van der Waals surface area contributed by atoms with Gasteiger partial charge < -0.3 is 20.3 Å². The van der Waals surface area contributed by atoms with Gasteiger partial charge in [0.2, 0.25) is 5.91 Å². The molecule has 2 aromatic heterocycles. The van der Waals surface area contributed by atoms with Gasteiger partial charge in [0.1, 0.15) is 47.9 Å². The Labute approximate surface area is 272 Å². The summed E-state index contributed by atoms with van der Waals surface area (Å²) in [5.74, 6) is 3.26. The molecule has 47 heavy (non-hydrogen) atoms. The first-order chi connectivity index (χ1) is 22.5. The van der Waals surface area contributed by atoms with Crippen LogP contribution in [0.15, 0.2) is 77.3 Å². The molecule has 0 radical (unpaired) electrons. The Morgan fingerprint density at radius 1 is 1.04 bits per heavy atom. The third-order valence-corrected chi connectivity index (χ3v) is 8.42. The Kier molecular flexibility index (Phi) is 10.6. The minimum Gasteiger partial charge on any atom is -0.508 e. The van der Waals surface area contributed by atoms with Crippen LogP contribution in [0, 0.1) is 0 Å². The zero-order valence-corrected chi connectivity index (χ0v) is 25.6. The van der Waals surface area contributed by atoms with Gasteiger partial charge in [-0.3, -0.25) is 4.79 Å². The summed E-state index contributed by atoms with van der Waals surface area (Å²) in [6.07, 6.45) is -3.28. The molecule has 0 aliphatic carbocycles. The number of ether oxygens (including phenoxy) is 1. The number of nitrogens with zero attached hydrogens (tertiary/aromatic N) is 4. The Bertz CT molecular complexity index is 1830. The Balaban J connectivity index is 1.30. The van der Waals surface area contributed by atoms with Gasteiger partial charge in [-0.25, -0.2) is 14.5 Å². The molecule has 246 valence electrons. The summed E-state index contributed by atoms with van der Waals surface area (Å²) >= 11 is 2.22. The van der Waals surface area contributed by atoms with Gasteiger partial charge in [-0.15, -0.1) is 25.8 Å². The van der Waals surface area contributed by atoms with Gasteiger partial charge in [0.15, 0.2) is 4.34 Å². The van der Waals surface area contributed by atoms with E-state index in [1.54, 1.807) is 24.3 Å². The zero-order chi connectivity index (χ0) is 33.6. The highest BCUT2D eigenvalue weighted by atomic mass is 32.2. The third kappa shape index (κ3) is 8.95. The summed E-state index contributed by atoms with van der Waals surface area (Å²) in [6, 6.07) is 12.8. The van der Waals surface area contributed by atoms with Crippen LogP contribution in [0.4, 0.5) is 13.2 Å². The molecule has 0 saturated carbocycles. The second kappa shape index (κ2) is 14.8. The van der Waals surface area contributed by atoms with Crippen molar-refractivity contribution in [3.63, 3.8) is 0 Å². The average Bonchev–Trinajstić information content (AvgIpc) is 3.68. The fourth-order valence-corrected chi connectivity index (χ4v) is 5.84. The number of benzene rings is 3. The molecule has 0 fully saturated rings. The molecule has 0 aliphatic heterocycles. The number of phenolic OH excluding ortho intramolecular Hbond substituents is 1. The maximum atomic E-state index is 13.6. The molecule has 0 saturated heterocycles. The van der Waals surface area contributed by atoms with Crippen LogP contribution in [0.3, 0.4) is 0 Å². The van der Waals surface area contributed by atoms with Gasteiger partial charge in [0.05, 0.1) is 22.0 Å². The Hall–Kier alpha value is -4.75. The SMILES string of the molecule is NOOSc1nc2cc(OCc3cn(C(Cc4ccc(O)cc4)C(=O)NC(Cc4ccc(C(F)(F)F)cc4)C(=O)O)nn3)ccc2s1. The van der Waals surface area contributed by atoms with Crippen LogP contribution in [0.25, 0.3) is 10.2 Å². The van der Waals surface area contributed by atoms with E-state index >= 15 is 0 Å². The number of carboxylic acid groups (broad SMARTS) is 1. The van der Waals surface area contributed by atoms with E-state index in [0.717, 1.165) is 41.0 Å². The Morgan fingerprint density at radius 3 is 2.43 bits per heavy atom. The van der Waals surface area contributed by atoms with E-state index in [2.05, 4.69) is 29.9 Å². The number of hydrogen-bond donors (Lipinski definition) is 4. The van der Waals surface area contributed by atoms with E-state index in [-0.39, 0.29) is 30.8 Å². The van der Waals surface area contributed by atoms with E-state index in [1.165, 1.54) is 34.3 Å². The van der Waals surface area contributed by atoms with E-state index in [0.29, 0.717) is 26.9 Å². The molecule has 18 heteroatoms. The lowest BCUT2D eigenvalue weighted by atomic mass is 10.0. The van der Waals surface area contributed by atoms with Crippen molar-refractivity contribution in [2.75, 3.05) is 0 Å². The number of nitrogens with two attached hydrogens (primary N) is 1. The second-order valence-corrected chi connectivity index (χ2v) is 12.0. The molecule has 2 heterocycles. The number of aromatic nitrogens is 4. The summed E-state index contributed by atoms with van der Waals surface area (Å²) in [6.45, 7) is -0.0272. The number of phenols is 1. The van der Waals surface area contributed by atoms with Gasteiger partial charge in [-0.1, -0.05) is 29.5 Å². The fraction of sp³-hybridized carbons (Fsp3) is 0.207. The molecule has 0 bridgehead atoms. The van der Waals surface area contributed by atoms with Crippen molar-refractivity contribution in [1.29, 1.82) is 0 Å². The largest absolute Gasteiger partial charge is 0.508 e. The number of aliphatic carboxylic acids is 1.